The lowest BCUT2D eigenvalue weighted by Gasteiger charge is -2.23. The van der Waals surface area contributed by atoms with Crippen molar-refractivity contribution in [3.63, 3.8) is 0 Å². The van der Waals surface area contributed by atoms with Crippen LogP contribution in [0.15, 0.2) is 99.5 Å². The lowest BCUT2D eigenvalue weighted by molar-refractivity contribution is -0.154. The topological polar surface area (TPSA) is 269 Å². The van der Waals surface area contributed by atoms with Crippen LogP contribution in [0.2, 0.25) is 0 Å². The van der Waals surface area contributed by atoms with Gasteiger partial charge in [-0.25, -0.2) is 23.1 Å². The van der Waals surface area contributed by atoms with Gasteiger partial charge in [0.05, 0.1) is 6.61 Å². The molecule has 1 aromatic heterocycles. The molecule has 0 saturated carbocycles. The number of H-pyrrole nitrogens is 1. The zero-order valence-corrected chi connectivity index (χ0v) is 29.3. The second-order valence-electron chi connectivity index (χ2n) is 10.5. The summed E-state index contributed by atoms with van der Waals surface area (Å²) in [4.78, 5) is 66.5. The van der Waals surface area contributed by atoms with Crippen LogP contribution < -0.4 is 11.2 Å². The van der Waals surface area contributed by atoms with E-state index in [1.54, 1.807) is 12.1 Å². The number of aromatic nitrogens is 2. The van der Waals surface area contributed by atoms with E-state index in [1.165, 1.54) is 24.3 Å². The van der Waals surface area contributed by atoms with Gasteiger partial charge in [0, 0.05) is 22.7 Å². The number of hydrogen-bond donors (Lipinski definition) is 5. The van der Waals surface area contributed by atoms with Crippen LogP contribution in [0.3, 0.4) is 0 Å². The van der Waals surface area contributed by atoms with Gasteiger partial charge in [-0.15, -0.1) is 0 Å². The molecule has 2 aliphatic heterocycles. The summed E-state index contributed by atoms with van der Waals surface area (Å²) in [6, 6.07) is 21.2. The molecule has 5 N–H and O–H groups in total. The van der Waals surface area contributed by atoms with E-state index in [4.69, 9.17) is 18.7 Å². The molecule has 0 radical (unpaired) electrons. The Kier molecular flexibility index (Phi) is 10.8. The molecule has 4 aromatic rings. The summed E-state index contributed by atoms with van der Waals surface area (Å²) in [6.45, 7) is -5.96. The third-order valence-corrected chi connectivity index (χ3v) is 15.1. The van der Waals surface area contributed by atoms with Crippen LogP contribution in [0.4, 0.5) is 0 Å². The van der Waals surface area contributed by atoms with Crippen molar-refractivity contribution in [2.45, 2.75) is 35.7 Å². The molecule has 19 nitrogen and oxygen atoms in total. The van der Waals surface area contributed by atoms with E-state index < -0.39 is 79.0 Å². The monoisotopic (exact) mass is 794 g/mol. The van der Waals surface area contributed by atoms with Gasteiger partial charge in [-0.2, -0.15) is 12.9 Å². The Hall–Kier alpha value is -2.57. The van der Waals surface area contributed by atoms with Crippen molar-refractivity contribution in [2.75, 3.05) is 6.61 Å². The Morgan fingerprint density at radius 1 is 0.740 bits per heavy atom. The molecule has 2 saturated heterocycles. The fourth-order valence-corrected chi connectivity index (χ4v) is 12.4. The summed E-state index contributed by atoms with van der Waals surface area (Å²) in [5, 5.41) is 1.80. The number of phosphoric ester groups is 1. The molecular weight excluding hydrogens is 768 g/mol. The maximum Gasteiger partial charge on any atom is 0.490 e. The molecule has 6 rings (SSSR count). The Balaban J connectivity index is 1.14. The number of hydrogen-bond acceptors (Lipinski definition) is 14. The van der Waals surface area contributed by atoms with Crippen LogP contribution in [-0.2, 0) is 49.9 Å². The molecular formula is C26H26N2O17P4S. The van der Waals surface area contributed by atoms with Crippen LogP contribution >= 0.6 is 41.6 Å². The van der Waals surface area contributed by atoms with E-state index in [0.29, 0.717) is 5.56 Å². The molecule has 2 fully saturated rings. The predicted octanol–water partition coefficient (Wildman–Crippen LogP) is 4.33. The fourth-order valence-electron chi connectivity index (χ4n) is 5.08. The highest BCUT2D eigenvalue weighted by molar-refractivity contribution is 8.55. The van der Waals surface area contributed by atoms with E-state index in [-0.39, 0.29) is 16.3 Å². The van der Waals surface area contributed by atoms with Crippen molar-refractivity contribution in [3.8, 4) is 0 Å². The lowest BCUT2D eigenvalue weighted by atomic mass is 10.1. The number of rotatable bonds is 13. The first-order valence-electron chi connectivity index (χ1n) is 14.1. The molecule has 0 amide bonds. The number of fused-ring (bicyclic) bond motifs is 2. The van der Waals surface area contributed by atoms with E-state index in [1.807, 2.05) is 36.4 Å². The molecule has 0 spiro atoms. The van der Waals surface area contributed by atoms with Gasteiger partial charge in [0.1, 0.15) is 18.3 Å². The maximum atomic E-state index is 12.7. The van der Waals surface area contributed by atoms with E-state index >= 15 is 0 Å². The minimum absolute atomic E-state index is 0.102. The van der Waals surface area contributed by atoms with Gasteiger partial charge in [-0.05, 0) is 40.4 Å². The first-order chi connectivity index (χ1) is 23.5. The van der Waals surface area contributed by atoms with Crippen LogP contribution in [0, 0.1) is 0 Å². The molecule has 268 valence electrons. The molecule has 24 heteroatoms. The first-order valence-corrected chi connectivity index (χ1v) is 21.6. The van der Waals surface area contributed by atoms with Gasteiger partial charge in [0.15, 0.2) is 12.5 Å². The van der Waals surface area contributed by atoms with Gasteiger partial charge in [0.25, 0.3) is 5.56 Å². The number of benzene rings is 3. The second-order valence-corrected chi connectivity index (χ2v) is 19.1. The Morgan fingerprint density at radius 3 is 2.10 bits per heavy atom. The summed E-state index contributed by atoms with van der Waals surface area (Å²) in [5.41, 5.74) is -0.993. The Bertz CT molecular complexity index is 2200. The molecule has 2 aliphatic rings. The SMILES string of the molecule is O=c1ccn([C@@H]2O[C@H](COP(=O)(O)OP(=O)(O)OP(=O)(O)OP(=O)(O)Sc3ccccc3)[C@@H]3OC(c4ccc5ccccc5c4)OC32)c(=O)[nH]1. The second kappa shape index (κ2) is 14.5. The standard InChI is InChI=1S/C26H26N2O17P4S/c29-21-12-13-28(26(30)27-21)24-23-22(41-25(42-23)18-11-10-16-6-4-5-7-17(16)14-18)20(40-24)15-39-46(31,32)43-47(33,34)44-48(35,36)45-49(37,38)50-19-8-2-1-3-9-19/h1-14,20,22-25H,15H2,(H,31,32)(H,33,34)(H,35,36)(H,37,38)(H,27,29,30)/t20-,22+,23?,24-,25?/m1/s1. The van der Waals surface area contributed by atoms with Crippen molar-refractivity contribution in [2.24, 2.45) is 0 Å². The summed E-state index contributed by atoms with van der Waals surface area (Å²) >= 11 is 0.102. The number of aromatic amines is 1. The largest absolute Gasteiger partial charge is 0.490 e. The molecule has 9 atom stereocenters. The maximum absolute atomic E-state index is 12.7. The Labute approximate surface area is 284 Å². The zero-order valence-electron chi connectivity index (χ0n) is 24.9. The predicted molar refractivity (Wildman–Crippen MR) is 172 cm³/mol. The number of nitrogens with zero attached hydrogens (tertiary/aromatic N) is 1. The van der Waals surface area contributed by atoms with E-state index in [2.05, 4.69) is 17.9 Å². The van der Waals surface area contributed by atoms with Gasteiger partial charge in [-0.3, -0.25) is 18.9 Å². The normalized spacial score (nSPS) is 26.8. The van der Waals surface area contributed by atoms with Gasteiger partial charge in [-0.1, -0.05) is 54.6 Å². The summed E-state index contributed by atoms with van der Waals surface area (Å²) in [5.74, 6) is 0. The summed E-state index contributed by atoms with van der Waals surface area (Å²) < 4.78 is 85.8. The van der Waals surface area contributed by atoms with Crippen LogP contribution in [0.5, 0.6) is 0 Å². The van der Waals surface area contributed by atoms with Crippen molar-refractivity contribution in [1.82, 2.24) is 9.55 Å². The van der Waals surface area contributed by atoms with Crippen LogP contribution in [0.1, 0.15) is 18.1 Å². The number of nitrogens with one attached hydrogen (secondary N) is 1. The smallest absolute Gasteiger partial charge is 0.346 e. The molecule has 0 aliphatic carbocycles. The molecule has 6 unspecified atom stereocenters. The summed E-state index contributed by atoms with van der Waals surface area (Å²) in [7, 11) is -17.6. The molecule has 0 bridgehead atoms. The highest BCUT2D eigenvalue weighted by atomic mass is 32.7. The van der Waals surface area contributed by atoms with E-state index in [9.17, 15) is 47.4 Å². The first kappa shape index (κ1) is 37.2. The number of ether oxygens (including phenoxy) is 3. The van der Waals surface area contributed by atoms with E-state index in [0.717, 1.165) is 27.6 Å². The lowest BCUT2D eigenvalue weighted by Crippen LogP contribution is -2.36. The number of phosphoric acid groups is 3. The van der Waals surface area contributed by atoms with Crippen LogP contribution in [0.25, 0.3) is 10.8 Å². The molecule has 50 heavy (non-hydrogen) atoms. The third kappa shape index (κ3) is 9.07. The average molecular weight is 794 g/mol. The van der Waals surface area contributed by atoms with Gasteiger partial charge >= 0.3 is 36.0 Å². The van der Waals surface area contributed by atoms with Gasteiger partial charge < -0.3 is 33.8 Å². The Morgan fingerprint density at radius 2 is 1.38 bits per heavy atom. The average Bonchev–Trinajstić information content (AvgIpc) is 3.58. The molecule has 3 heterocycles. The van der Waals surface area contributed by atoms with Crippen molar-refractivity contribution >= 4 is 52.4 Å². The third-order valence-electron chi connectivity index (χ3n) is 7.00. The zero-order chi connectivity index (χ0) is 35.9. The highest BCUT2D eigenvalue weighted by Gasteiger charge is 2.55. The highest BCUT2D eigenvalue weighted by Crippen LogP contribution is 2.74. The quantitative estimate of drug-likeness (QED) is 0.118. The fraction of sp³-hybridized carbons (Fsp3) is 0.231. The van der Waals surface area contributed by atoms with Crippen molar-refractivity contribution in [1.29, 1.82) is 0 Å². The molecule has 3 aromatic carbocycles. The summed E-state index contributed by atoms with van der Waals surface area (Å²) in [6.07, 6.45) is -4.63. The van der Waals surface area contributed by atoms with Gasteiger partial charge in [0.2, 0.25) is 0 Å². The van der Waals surface area contributed by atoms with Crippen LogP contribution in [-0.4, -0.2) is 54.0 Å². The van der Waals surface area contributed by atoms with Crippen molar-refractivity contribution in [3.05, 3.63) is 111 Å². The minimum Gasteiger partial charge on any atom is -0.346 e. The minimum atomic E-state index is -6.02. The van der Waals surface area contributed by atoms with Crippen molar-refractivity contribution < 1.29 is 69.5 Å².